The van der Waals surface area contributed by atoms with Crippen LogP contribution in [0.15, 0.2) is 11.1 Å². The van der Waals surface area contributed by atoms with Gasteiger partial charge in [-0.1, -0.05) is 13.8 Å². The molecule has 0 amide bonds. The molecule has 2 heterocycles. The van der Waals surface area contributed by atoms with Crippen LogP contribution >= 0.6 is 11.3 Å². The fraction of sp³-hybridized carbons (Fsp3) is 0.562. The second kappa shape index (κ2) is 5.83. The number of thiophene rings is 1. The Bertz CT molecular complexity index is 776. The minimum atomic E-state index is -0.653. The van der Waals surface area contributed by atoms with Gasteiger partial charge in [0.2, 0.25) is 0 Å². The normalized spacial score (nSPS) is 15.3. The fourth-order valence-corrected chi connectivity index (χ4v) is 3.98. The van der Waals surface area contributed by atoms with Gasteiger partial charge in [-0.25, -0.2) is 9.78 Å². The van der Waals surface area contributed by atoms with Crippen molar-refractivity contribution in [1.29, 1.82) is 0 Å². The predicted molar refractivity (Wildman–Crippen MR) is 86.4 cm³/mol. The number of aromatic nitrogens is 2. The van der Waals surface area contributed by atoms with Crippen LogP contribution < -0.4 is 5.56 Å². The highest BCUT2D eigenvalue weighted by atomic mass is 32.1. The summed E-state index contributed by atoms with van der Waals surface area (Å²) in [5, 5.41) is 0.698. The molecule has 1 unspecified atom stereocenters. The van der Waals surface area contributed by atoms with Crippen LogP contribution in [0.5, 0.6) is 0 Å². The molecule has 0 bridgehead atoms. The molecule has 0 spiro atoms. The smallest absolute Gasteiger partial charge is 0.329 e. The van der Waals surface area contributed by atoms with Crippen molar-refractivity contribution in [2.24, 2.45) is 5.92 Å². The zero-order valence-corrected chi connectivity index (χ0v) is 13.9. The number of hydrogen-bond acceptors (Lipinski definition) is 5. The van der Waals surface area contributed by atoms with Crippen LogP contribution in [0, 0.1) is 5.92 Å². The van der Waals surface area contributed by atoms with Gasteiger partial charge >= 0.3 is 5.97 Å². The summed E-state index contributed by atoms with van der Waals surface area (Å²) in [5.41, 5.74) is 1.01. The topological polar surface area (TPSA) is 61.2 Å². The lowest BCUT2D eigenvalue weighted by molar-refractivity contribution is -0.148. The van der Waals surface area contributed by atoms with Crippen molar-refractivity contribution in [2.45, 2.75) is 46.1 Å². The summed E-state index contributed by atoms with van der Waals surface area (Å²) in [4.78, 5) is 31.3. The number of rotatable bonds is 4. The maximum Gasteiger partial charge on any atom is 0.329 e. The Balaban J connectivity index is 1.96. The second-order valence-corrected chi connectivity index (χ2v) is 7.28. The Kier molecular flexibility index (Phi) is 4.04. The van der Waals surface area contributed by atoms with Gasteiger partial charge in [0.05, 0.1) is 18.3 Å². The first-order valence-electron chi connectivity index (χ1n) is 7.67. The molecule has 0 fully saturated rings. The van der Waals surface area contributed by atoms with E-state index in [0.29, 0.717) is 12.0 Å². The monoisotopic (exact) mass is 320 g/mol. The number of nitrogens with zero attached hydrogens (tertiary/aromatic N) is 2. The molecule has 1 aliphatic rings. The largest absolute Gasteiger partial charge is 0.464 e. The number of fused-ring (bicyclic) bond motifs is 3. The Morgan fingerprint density at radius 3 is 2.91 bits per heavy atom. The summed E-state index contributed by atoms with van der Waals surface area (Å²) >= 11 is 1.60. The number of aryl methyl sites for hydroxylation is 2. The van der Waals surface area contributed by atoms with E-state index in [2.05, 4.69) is 4.98 Å². The summed E-state index contributed by atoms with van der Waals surface area (Å²) in [6, 6.07) is -0.653. The number of hydrogen-bond donors (Lipinski definition) is 0. The van der Waals surface area contributed by atoms with Crippen molar-refractivity contribution >= 4 is 27.5 Å². The van der Waals surface area contributed by atoms with E-state index in [1.807, 2.05) is 13.8 Å². The first-order chi connectivity index (χ1) is 10.5. The molecule has 0 saturated heterocycles. The standard InChI is InChI=1S/C16H20N2O3S/c1-9(2)7-21-16(20)10(3)18-8-17-14-13(15(18)19)11-5-4-6-12(11)22-14/h8-10H,4-7H2,1-3H3. The van der Waals surface area contributed by atoms with E-state index >= 15 is 0 Å². The number of carbonyl (C=O) groups is 1. The van der Waals surface area contributed by atoms with E-state index in [4.69, 9.17) is 4.74 Å². The molecule has 5 nitrogen and oxygen atoms in total. The molecule has 0 radical (unpaired) electrons. The predicted octanol–water partition coefficient (Wildman–Crippen LogP) is 2.71. The molecular formula is C16H20N2O3S. The second-order valence-electron chi connectivity index (χ2n) is 6.19. The van der Waals surface area contributed by atoms with Crippen LogP contribution in [0.4, 0.5) is 0 Å². The average molecular weight is 320 g/mol. The summed E-state index contributed by atoms with van der Waals surface area (Å²) in [7, 11) is 0. The van der Waals surface area contributed by atoms with Gasteiger partial charge in [0.1, 0.15) is 10.9 Å². The number of ether oxygens (including phenoxy) is 1. The fourth-order valence-electron chi connectivity index (χ4n) is 2.76. The molecule has 0 N–H and O–H groups in total. The number of carbonyl (C=O) groups excluding carboxylic acids is 1. The molecule has 2 aromatic rings. The average Bonchev–Trinajstić information content (AvgIpc) is 3.04. The van der Waals surface area contributed by atoms with E-state index < -0.39 is 6.04 Å². The van der Waals surface area contributed by atoms with Gasteiger partial charge < -0.3 is 4.74 Å². The SMILES string of the molecule is CC(C)COC(=O)C(C)n1cnc2sc3c(c2c1=O)CCC3. The molecule has 22 heavy (non-hydrogen) atoms. The molecule has 1 atom stereocenters. The molecule has 6 heteroatoms. The molecule has 2 aromatic heterocycles. The van der Waals surface area contributed by atoms with Crippen molar-refractivity contribution in [3.05, 3.63) is 27.1 Å². The van der Waals surface area contributed by atoms with E-state index in [0.717, 1.165) is 29.7 Å². The molecule has 3 rings (SSSR count). The van der Waals surface area contributed by atoms with Crippen LogP contribution in [-0.2, 0) is 22.4 Å². The highest BCUT2D eigenvalue weighted by molar-refractivity contribution is 7.18. The Labute approximate surface area is 132 Å². The van der Waals surface area contributed by atoms with Crippen molar-refractivity contribution in [1.82, 2.24) is 9.55 Å². The summed E-state index contributed by atoms with van der Waals surface area (Å²) in [6.45, 7) is 6.00. The van der Waals surface area contributed by atoms with Gasteiger partial charge in [-0.05, 0) is 37.7 Å². The highest BCUT2D eigenvalue weighted by Gasteiger charge is 2.24. The van der Waals surface area contributed by atoms with Crippen LogP contribution in [-0.4, -0.2) is 22.1 Å². The molecule has 0 aromatic carbocycles. The quantitative estimate of drug-likeness (QED) is 0.813. The molecule has 1 aliphatic carbocycles. The van der Waals surface area contributed by atoms with Crippen LogP contribution in [0.1, 0.15) is 43.7 Å². The highest BCUT2D eigenvalue weighted by Crippen LogP contribution is 2.34. The Hall–Kier alpha value is -1.69. The molecule has 0 saturated carbocycles. The first kappa shape index (κ1) is 15.2. The minimum Gasteiger partial charge on any atom is -0.464 e. The van der Waals surface area contributed by atoms with Crippen molar-refractivity contribution in [3.63, 3.8) is 0 Å². The third-order valence-electron chi connectivity index (χ3n) is 3.97. The van der Waals surface area contributed by atoms with Gasteiger partial charge in [-0.15, -0.1) is 11.3 Å². The Morgan fingerprint density at radius 2 is 2.18 bits per heavy atom. The minimum absolute atomic E-state index is 0.126. The van der Waals surface area contributed by atoms with Crippen LogP contribution in [0.2, 0.25) is 0 Å². The molecule has 0 aliphatic heterocycles. The lowest BCUT2D eigenvalue weighted by Gasteiger charge is -2.15. The zero-order chi connectivity index (χ0) is 15.9. The Morgan fingerprint density at radius 1 is 1.41 bits per heavy atom. The van der Waals surface area contributed by atoms with Crippen molar-refractivity contribution < 1.29 is 9.53 Å². The van der Waals surface area contributed by atoms with Gasteiger partial charge in [-0.2, -0.15) is 0 Å². The maximum atomic E-state index is 12.8. The van der Waals surface area contributed by atoms with Crippen molar-refractivity contribution in [3.8, 4) is 0 Å². The van der Waals surface area contributed by atoms with E-state index in [1.54, 1.807) is 18.3 Å². The van der Waals surface area contributed by atoms with Crippen molar-refractivity contribution in [2.75, 3.05) is 6.61 Å². The van der Waals surface area contributed by atoms with E-state index in [-0.39, 0.29) is 17.4 Å². The summed E-state index contributed by atoms with van der Waals surface area (Å²) < 4.78 is 6.64. The van der Waals surface area contributed by atoms with Gasteiger partial charge in [0, 0.05) is 4.88 Å². The zero-order valence-electron chi connectivity index (χ0n) is 13.1. The summed E-state index contributed by atoms with van der Waals surface area (Å²) in [5.74, 6) is -0.113. The van der Waals surface area contributed by atoms with Gasteiger partial charge in [0.25, 0.3) is 5.56 Å². The first-order valence-corrected chi connectivity index (χ1v) is 8.48. The molecular weight excluding hydrogens is 300 g/mol. The number of esters is 1. The lowest BCUT2D eigenvalue weighted by Crippen LogP contribution is -2.30. The van der Waals surface area contributed by atoms with E-state index in [9.17, 15) is 9.59 Å². The maximum absolute atomic E-state index is 12.8. The van der Waals surface area contributed by atoms with Gasteiger partial charge in [-0.3, -0.25) is 9.36 Å². The third-order valence-corrected chi connectivity index (χ3v) is 5.17. The van der Waals surface area contributed by atoms with Crippen LogP contribution in [0.25, 0.3) is 10.2 Å². The molecule has 118 valence electrons. The van der Waals surface area contributed by atoms with Gasteiger partial charge in [0.15, 0.2) is 0 Å². The van der Waals surface area contributed by atoms with Crippen LogP contribution in [0.3, 0.4) is 0 Å². The van der Waals surface area contributed by atoms with E-state index in [1.165, 1.54) is 15.8 Å². The third kappa shape index (κ3) is 2.56. The lowest BCUT2D eigenvalue weighted by atomic mass is 10.2. The summed E-state index contributed by atoms with van der Waals surface area (Å²) in [6.07, 6.45) is 4.53.